The van der Waals surface area contributed by atoms with Gasteiger partial charge in [0, 0.05) is 19.4 Å². The lowest BCUT2D eigenvalue weighted by molar-refractivity contribution is -0.137. The first-order chi connectivity index (χ1) is 12.5. The van der Waals surface area contributed by atoms with Crippen molar-refractivity contribution < 1.29 is 14.7 Å². The number of carbonyl (C=O) groups is 2. The van der Waals surface area contributed by atoms with Crippen LogP contribution in [0, 0.1) is 0 Å². The average molecular weight is 373 g/mol. The second-order valence-corrected chi connectivity index (χ2v) is 7.10. The Bertz CT molecular complexity index is 310. The summed E-state index contributed by atoms with van der Waals surface area (Å²) >= 11 is 0. The quantitative estimate of drug-likeness (QED) is 0.289. The van der Waals surface area contributed by atoms with Gasteiger partial charge in [-0.05, 0) is 6.42 Å². The lowest BCUT2D eigenvalue weighted by Crippen LogP contribution is -2.15. The average Bonchev–Trinajstić information content (AvgIpc) is 2.58. The smallest absolute Gasteiger partial charge is 0.303 e. The zero-order chi connectivity index (χ0) is 19.9. The number of hydrogen-bond acceptors (Lipinski definition) is 3. The van der Waals surface area contributed by atoms with Crippen LogP contribution in [0.2, 0.25) is 0 Å². The molecular weight excluding hydrogens is 328 g/mol. The highest BCUT2D eigenvalue weighted by Crippen LogP contribution is 2.13. The van der Waals surface area contributed by atoms with Crippen LogP contribution < -0.4 is 11.5 Å². The number of aliphatic carboxylic acids is 1. The van der Waals surface area contributed by atoms with E-state index < -0.39 is 5.97 Å². The van der Waals surface area contributed by atoms with E-state index in [1.807, 2.05) is 0 Å². The fourth-order valence-corrected chi connectivity index (χ4v) is 2.79. The largest absolute Gasteiger partial charge is 0.481 e. The van der Waals surface area contributed by atoms with Crippen molar-refractivity contribution in [3.8, 4) is 0 Å². The van der Waals surface area contributed by atoms with Crippen molar-refractivity contribution in [2.24, 2.45) is 11.5 Å². The normalized spacial score (nSPS) is 10.2. The van der Waals surface area contributed by atoms with Gasteiger partial charge in [-0.15, -0.1) is 0 Å². The SMILES string of the molecule is CCCCCCCCCCCCCCCCCC(=O)O.NCCC(N)=O. The van der Waals surface area contributed by atoms with E-state index in [4.69, 9.17) is 10.8 Å². The van der Waals surface area contributed by atoms with E-state index in [1.165, 1.54) is 83.5 Å². The maximum absolute atomic E-state index is 10.3. The van der Waals surface area contributed by atoms with Gasteiger partial charge in [-0.3, -0.25) is 9.59 Å². The molecule has 0 fully saturated rings. The Labute approximate surface area is 161 Å². The van der Waals surface area contributed by atoms with E-state index in [2.05, 4.69) is 12.7 Å². The number of rotatable bonds is 18. The Kier molecular flexibility index (Phi) is 24.9. The Balaban J connectivity index is 0. The first-order valence-electron chi connectivity index (χ1n) is 10.7. The first kappa shape index (κ1) is 27.1. The van der Waals surface area contributed by atoms with Gasteiger partial charge in [0.2, 0.25) is 5.91 Å². The molecule has 0 heterocycles. The van der Waals surface area contributed by atoms with Gasteiger partial charge >= 0.3 is 5.97 Å². The minimum atomic E-state index is -0.653. The summed E-state index contributed by atoms with van der Waals surface area (Å²) in [6.07, 6.45) is 20.5. The molecule has 0 saturated carbocycles. The lowest BCUT2D eigenvalue weighted by Gasteiger charge is -2.03. The third-order valence-electron chi connectivity index (χ3n) is 4.38. The number of unbranched alkanes of at least 4 members (excludes halogenated alkanes) is 14. The minimum Gasteiger partial charge on any atom is -0.481 e. The van der Waals surface area contributed by atoms with Crippen LogP contribution in [-0.2, 0) is 9.59 Å². The van der Waals surface area contributed by atoms with Gasteiger partial charge in [0.25, 0.3) is 0 Å². The molecule has 0 spiro atoms. The molecule has 0 saturated heterocycles. The Morgan fingerprint density at radius 2 is 1.00 bits per heavy atom. The van der Waals surface area contributed by atoms with Crippen molar-refractivity contribution >= 4 is 11.9 Å². The molecule has 0 aromatic carbocycles. The fourth-order valence-electron chi connectivity index (χ4n) is 2.79. The molecule has 0 bridgehead atoms. The van der Waals surface area contributed by atoms with Crippen LogP contribution in [0.5, 0.6) is 0 Å². The summed E-state index contributed by atoms with van der Waals surface area (Å²) in [7, 11) is 0. The van der Waals surface area contributed by atoms with E-state index in [0.717, 1.165) is 12.8 Å². The molecule has 5 heteroatoms. The summed E-state index contributed by atoms with van der Waals surface area (Å²) in [4.78, 5) is 20.1. The molecule has 26 heavy (non-hydrogen) atoms. The third-order valence-corrected chi connectivity index (χ3v) is 4.38. The summed E-state index contributed by atoms with van der Waals surface area (Å²) in [5, 5.41) is 8.52. The number of amides is 1. The molecule has 5 N–H and O–H groups in total. The summed E-state index contributed by atoms with van der Waals surface area (Å²) in [5.74, 6) is -0.989. The van der Waals surface area contributed by atoms with Crippen LogP contribution in [0.1, 0.15) is 116 Å². The molecule has 0 aromatic heterocycles. The van der Waals surface area contributed by atoms with Crippen LogP contribution in [0.3, 0.4) is 0 Å². The van der Waals surface area contributed by atoms with Gasteiger partial charge < -0.3 is 16.6 Å². The maximum atomic E-state index is 10.3. The fraction of sp³-hybridized carbons (Fsp3) is 0.905. The van der Waals surface area contributed by atoms with Crippen molar-refractivity contribution in [1.82, 2.24) is 0 Å². The zero-order valence-corrected chi connectivity index (χ0v) is 17.1. The van der Waals surface area contributed by atoms with Crippen molar-refractivity contribution in [2.45, 2.75) is 116 Å². The highest BCUT2D eigenvalue weighted by Gasteiger charge is 1.97. The van der Waals surface area contributed by atoms with Gasteiger partial charge in [-0.1, -0.05) is 96.8 Å². The minimum absolute atomic E-state index is 0.292. The molecule has 0 radical (unpaired) electrons. The molecule has 1 amide bonds. The highest BCUT2D eigenvalue weighted by atomic mass is 16.4. The highest BCUT2D eigenvalue weighted by molar-refractivity contribution is 5.73. The van der Waals surface area contributed by atoms with Crippen LogP contribution in [0.4, 0.5) is 0 Å². The molecular formula is C21H44N2O3. The van der Waals surface area contributed by atoms with Crippen LogP contribution in [0.15, 0.2) is 0 Å². The predicted octanol–water partition coefficient (Wildman–Crippen LogP) is 5.15. The Hall–Kier alpha value is -1.10. The summed E-state index contributed by atoms with van der Waals surface area (Å²) in [6, 6.07) is 0. The first-order valence-corrected chi connectivity index (χ1v) is 10.7. The predicted molar refractivity (Wildman–Crippen MR) is 110 cm³/mol. The van der Waals surface area contributed by atoms with Crippen LogP contribution in [0.25, 0.3) is 0 Å². The monoisotopic (exact) mass is 372 g/mol. The lowest BCUT2D eigenvalue weighted by atomic mass is 10.0. The second-order valence-electron chi connectivity index (χ2n) is 7.10. The molecule has 0 rings (SSSR count). The van der Waals surface area contributed by atoms with Crippen LogP contribution in [-0.4, -0.2) is 23.5 Å². The summed E-state index contributed by atoms with van der Waals surface area (Å²) in [6.45, 7) is 2.63. The molecule has 0 aliphatic carbocycles. The van der Waals surface area contributed by atoms with Crippen LogP contribution >= 0.6 is 0 Å². The van der Waals surface area contributed by atoms with Crippen molar-refractivity contribution in [1.29, 1.82) is 0 Å². The maximum Gasteiger partial charge on any atom is 0.303 e. The van der Waals surface area contributed by atoms with Crippen molar-refractivity contribution in [3.63, 3.8) is 0 Å². The van der Waals surface area contributed by atoms with E-state index in [9.17, 15) is 9.59 Å². The molecule has 5 nitrogen and oxygen atoms in total. The number of carboxylic acids is 1. The number of carboxylic acid groups (broad SMARTS) is 1. The molecule has 0 aliphatic rings. The molecule has 156 valence electrons. The van der Waals surface area contributed by atoms with E-state index >= 15 is 0 Å². The Morgan fingerprint density at radius 3 is 1.23 bits per heavy atom. The molecule has 0 aliphatic heterocycles. The summed E-state index contributed by atoms with van der Waals surface area (Å²) < 4.78 is 0. The summed E-state index contributed by atoms with van der Waals surface area (Å²) in [5.41, 5.74) is 9.61. The topological polar surface area (TPSA) is 106 Å². The van der Waals surface area contributed by atoms with E-state index in [0.29, 0.717) is 19.4 Å². The van der Waals surface area contributed by atoms with Crippen molar-refractivity contribution in [3.05, 3.63) is 0 Å². The molecule has 0 aromatic rings. The molecule has 0 atom stereocenters. The number of carbonyl (C=O) groups excluding carboxylic acids is 1. The molecule has 0 unspecified atom stereocenters. The van der Waals surface area contributed by atoms with Crippen molar-refractivity contribution in [2.75, 3.05) is 6.54 Å². The van der Waals surface area contributed by atoms with Gasteiger partial charge in [0.15, 0.2) is 0 Å². The van der Waals surface area contributed by atoms with E-state index in [-0.39, 0.29) is 5.91 Å². The zero-order valence-electron chi connectivity index (χ0n) is 17.1. The standard InChI is InChI=1S/C18H36O2.C3H8N2O/c1-2-3-4-5-6-7-8-9-10-11-12-13-14-15-16-17-18(19)20;4-2-1-3(5)6/h2-17H2,1H3,(H,19,20);1-2,4H2,(H2,5,6). The van der Waals surface area contributed by atoms with E-state index in [1.54, 1.807) is 0 Å². The van der Waals surface area contributed by atoms with Gasteiger partial charge in [0.1, 0.15) is 0 Å². The number of nitrogens with two attached hydrogens (primary N) is 2. The third kappa shape index (κ3) is 30.7. The Morgan fingerprint density at radius 1 is 0.654 bits per heavy atom. The van der Waals surface area contributed by atoms with Gasteiger partial charge in [-0.25, -0.2) is 0 Å². The number of primary amides is 1. The number of hydrogen-bond donors (Lipinski definition) is 3. The van der Waals surface area contributed by atoms with Gasteiger partial charge in [-0.2, -0.15) is 0 Å². The second kappa shape index (κ2) is 23.9. The van der Waals surface area contributed by atoms with Gasteiger partial charge in [0.05, 0.1) is 0 Å².